The van der Waals surface area contributed by atoms with Gasteiger partial charge in [0, 0.05) is 17.5 Å². The molecule has 70 valence electrons. The van der Waals surface area contributed by atoms with Gasteiger partial charge in [0.15, 0.2) is 5.78 Å². The first-order valence-corrected chi connectivity index (χ1v) is 4.52. The van der Waals surface area contributed by atoms with Crippen molar-refractivity contribution in [3.8, 4) is 0 Å². The Bertz CT molecular complexity index is 430. The largest absolute Gasteiger partial charge is 0.360 e. The Morgan fingerprint density at radius 2 is 2.00 bits per heavy atom. The lowest BCUT2D eigenvalue weighted by Crippen LogP contribution is -1.96. The Labute approximate surface area is 82.9 Å². The van der Waals surface area contributed by atoms with E-state index < -0.39 is 0 Å². The summed E-state index contributed by atoms with van der Waals surface area (Å²) in [6, 6.07) is 7.94. The second-order valence-electron chi connectivity index (χ2n) is 3.22. The maximum atomic E-state index is 11.1. The van der Waals surface area contributed by atoms with E-state index >= 15 is 0 Å². The van der Waals surface area contributed by atoms with Gasteiger partial charge in [-0.25, -0.2) is 0 Å². The Morgan fingerprint density at radius 3 is 2.79 bits per heavy atom. The van der Waals surface area contributed by atoms with Crippen molar-refractivity contribution in [1.29, 1.82) is 0 Å². The molecule has 0 aliphatic carbocycles. The molecule has 14 heavy (non-hydrogen) atoms. The topological polar surface area (TPSA) is 29.1 Å². The highest BCUT2D eigenvalue weighted by Gasteiger charge is 2.04. The summed E-state index contributed by atoms with van der Waals surface area (Å²) >= 11 is 0. The second kappa shape index (κ2) is 3.50. The van der Waals surface area contributed by atoms with Gasteiger partial charge in [0.25, 0.3) is 0 Å². The first-order chi connectivity index (χ1) is 6.77. The summed E-state index contributed by atoms with van der Waals surface area (Å²) < 4.78 is 0. The predicted octanol–water partition coefficient (Wildman–Crippen LogP) is 2.60. The molecular formula is C12H11NO. The Balaban J connectivity index is 2.41. The zero-order valence-corrected chi connectivity index (χ0v) is 7.95. The molecule has 0 radical (unpaired) electrons. The highest BCUT2D eigenvalue weighted by molar-refractivity contribution is 5.98. The molecule has 0 atom stereocenters. The molecule has 0 saturated carbocycles. The van der Waals surface area contributed by atoms with Gasteiger partial charge in [-0.1, -0.05) is 24.3 Å². The average molecular weight is 185 g/mol. The third-order valence-electron chi connectivity index (χ3n) is 2.19. The van der Waals surface area contributed by atoms with Gasteiger partial charge < -0.3 is 5.32 Å². The number of rotatable bonds is 1. The van der Waals surface area contributed by atoms with Gasteiger partial charge in [0.1, 0.15) is 0 Å². The van der Waals surface area contributed by atoms with Crippen molar-refractivity contribution in [2.45, 2.75) is 6.92 Å². The molecular weight excluding hydrogens is 174 g/mol. The van der Waals surface area contributed by atoms with E-state index in [9.17, 15) is 4.79 Å². The van der Waals surface area contributed by atoms with E-state index in [0.717, 1.165) is 11.3 Å². The van der Waals surface area contributed by atoms with Crippen LogP contribution in [0.25, 0.3) is 6.08 Å². The van der Waals surface area contributed by atoms with E-state index in [1.54, 1.807) is 13.1 Å². The zero-order chi connectivity index (χ0) is 9.97. The SMILES string of the molecule is CC(=O)C1=CNc2ccccc2C=C1. The van der Waals surface area contributed by atoms with Crippen LogP contribution in [-0.2, 0) is 4.79 Å². The summed E-state index contributed by atoms with van der Waals surface area (Å²) in [6.45, 7) is 1.56. The number of nitrogens with one attached hydrogen (secondary N) is 1. The Kier molecular flexibility index (Phi) is 2.19. The highest BCUT2D eigenvalue weighted by atomic mass is 16.1. The molecule has 0 amide bonds. The van der Waals surface area contributed by atoms with Crippen LogP contribution in [0.4, 0.5) is 5.69 Å². The number of hydrogen-bond donors (Lipinski definition) is 1. The Morgan fingerprint density at radius 1 is 1.21 bits per heavy atom. The normalized spacial score (nSPS) is 13.6. The second-order valence-corrected chi connectivity index (χ2v) is 3.22. The average Bonchev–Trinajstić information content (AvgIpc) is 2.39. The number of benzene rings is 1. The molecule has 2 heteroatoms. The monoisotopic (exact) mass is 185 g/mol. The number of carbonyl (C=O) groups excluding carboxylic acids is 1. The van der Waals surface area contributed by atoms with Crippen LogP contribution in [0.1, 0.15) is 12.5 Å². The lowest BCUT2D eigenvalue weighted by atomic mass is 10.1. The summed E-state index contributed by atoms with van der Waals surface area (Å²) in [6.07, 6.45) is 5.52. The number of para-hydroxylation sites is 1. The molecule has 1 aliphatic rings. The maximum Gasteiger partial charge on any atom is 0.161 e. The molecule has 0 bridgehead atoms. The number of Topliss-reactive ketones (excluding diaryl/α,β-unsaturated/α-hetero) is 1. The van der Waals surface area contributed by atoms with Crippen LogP contribution in [-0.4, -0.2) is 5.78 Å². The summed E-state index contributed by atoms with van der Waals surface area (Å²) in [5.74, 6) is 0.0709. The van der Waals surface area contributed by atoms with Crippen molar-refractivity contribution in [1.82, 2.24) is 0 Å². The van der Waals surface area contributed by atoms with Gasteiger partial charge >= 0.3 is 0 Å². The van der Waals surface area contributed by atoms with Gasteiger partial charge in [-0.05, 0) is 24.6 Å². The lowest BCUT2D eigenvalue weighted by Gasteiger charge is -2.02. The van der Waals surface area contributed by atoms with Crippen molar-refractivity contribution in [2.24, 2.45) is 0 Å². The minimum absolute atomic E-state index is 0.0709. The van der Waals surface area contributed by atoms with Gasteiger partial charge in [-0.2, -0.15) is 0 Å². The van der Waals surface area contributed by atoms with E-state index in [-0.39, 0.29) is 5.78 Å². The zero-order valence-electron chi connectivity index (χ0n) is 7.95. The molecule has 1 aliphatic heterocycles. The Hall–Kier alpha value is -1.83. The minimum atomic E-state index is 0.0709. The van der Waals surface area contributed by atoms with Gasteiger partial charge in [-0.15, -0.1) is 0 Å². The maximum absolute atomic E-state index is 11.1. The van der Waals surface area contributed by atoms with E-state index in [0.29, 0.717) is 5.57 Å². The first-order valence-electron chi connectivity index (χ1n) is 4.52. The summed E-state index contributed by atoms with van der Waals surface area (Å²) in [4.78, 5) is 11.1. The number of fused-ring (bicyclic) bond motifs is 1. The molecule has 2 rings (SSSR count). The number of carbonyl (C=O) groups is 1. The van der Waals surface area contributed by atoms with Gasteiger partial charge in [0.2, 0.25) is 0 Å². The van der Waals surface area contributed by atoms with Crippen LogP contribution in [0.3, 0.4) is 0 Å². The highest BCUT2D eigenvalue weighted by Crippen LogP contribution is 2.20. The van der Waals surface area contributed by atoms with Crippen molar-refractivity contribution in [3.63, 3.8) is 0 Å². The smallest absolute Gasteiger partial charge is 0.161 e. The van der Waals surface area contributed by atoms with E-state index in [1.165, 1.54) is 0 Å². The molecule has 1 aromatic carbocycles. The summed E-state index contributed by atoms with van der Waals surface area (Å²) in [5.41, 5.74) is 2.82. The van der Waals surface area contributed by atoms with E-state index in [4.69, 9.17) is 0 Å². The summed E-state index contributed by atoms with van der Waals surface area (Å²) in [5, 5.41) is 3.11. The molecule has 0 aromatic heterocycles. The molecule has 1 heterocycles. The fraction of sp³-hybridized carbons (Fsp3) is 0.0833. The van der Waals surface area contributed by atoms with Crippen LogP contribution >= 0.6 is 0 Å². The predicted molar refractivity (Wildman–Crippen MR) is 57.9 cm³/mol. The van der Waals surface area contributed by atoms with Gasteiger partial charge in [0.05, 0.1) is 0 Å². The van der Waals surface area contributed by atoms with Crippen LogP contribution in [0.15, 0.2) is 42.1 Å². The standard InChI is InChI=1S/C12H11NO/c1-9(14)11-7-6-10-4-2-3-5-12(10)13-8-11/h2-8,13H,1H3. The fourth-order valence-electron chi connectivity index (χ4n) is 1.38. The third-order valence-corrected chi connectivity index (χ3v) is 2.19. The van der Waals surface area contributed by atoms with Crippen molar-refractivity contribution in [3.05, 3.63) is 47.7 Å². The summed E-state index contributed by atoms with van der Waals surface area (Å²) in [7, 11) is 0. The lowest BCUT2D eigenvalue weighted by molar-refractivity contribution is -0.113. The van der Waals surface area contributed by atoms with Crippen molar-refractivity contribution >= 4 is 17.5 Å². The van der Waals surface area contributed by atoms with E-state index in [1.807, 2.05) is 36.4 Å². The molecule has 0 unspecified atom stereocenters. The quantitative estimate of drug-likeness (QED) is 0.728. The van der Waals surface area contributed by atoms with Crippen LogP contribution in [0.2, 0.25) is 0 Å². The van der Waals surface area contributed by atoms with Crippen LogP contribution in [0.5, 0.6) is 0 Å². The first kappa shape index (κ1) is 8.75. The number of ketones is 1. The molecule has 0 fully saturated rings. The van der Waals surface area contributed by atoms with Crippen LogP contribution in [0, 0.1) is 0 Å². The molecule has 1 N–H and O–H groups in total. The van der Waals surface area contributed by atoms with Gasteiger partial charge in [-0.3, -0.25) is 4.79 Å². The number of hydrogen-bond acceptors (Lipinski definition) is 2. The molecule has 1 aromatic rings. The molecule has 0 saturated heterocycles. The van der Waals surface area contributed by atoms with E-state index in [2.05, 4.69) is 5.32 Å². The minimum Gasteiger partial charge on any atom is -0.360 e. The van der Waals surface area contributed by atoms with Crippen molar-refractivity contribution < 1.29 is 4.79 Å². The fourth-order valence-corrected chi connectivity index (χ4v) is 1.38. The number of allylic oxidation sites excluding steroid dienone is 2. The number of anilines is 1. The van der Waals surface area contributed by atoms with Crippen LogP contribution < -0.4 is 5.32 Å². The molecule has 2 nitrogen and oxygen atoms in total. The molecule has 0 spiro atoms. The third kappa shape index (κ3) is 1.59. The van der Waals surface area contributed by atoms with Crippen molar-refractivity contribution in [2.75, 3.05) is 5.32 Å².